The van der Waals surface area contributed by atoms with Crippen molar-refractivity contribution in [2.75, 3.05) is 13.1 Å². The highest BCUT2D eigenvalue weighted by atomic mass is 16.2. The van der Waals surface area contributed by atoms with Gasteiger partial charge in [0, 0.05) is 25.0 Å². The number of nitrogens with zero attached hydrogens (tertiary/aromatic N) is 1. The fourth-order valence-electron chi connectivity index (χ4n) is 2.42. The molecule has 1 saturated heterocycles. The molecule has 3 nitrogen and oxygen atoms in total. The summed E-state index contributed by atoms with van der Waals surface area (Å²) >= 11 is 0. The first kappa shape index (κ1) is 13.5. The minimum Gasteiger partial charge on any atom is -0.341 e. The molecule has 0 spiro atoms. The maximum Gasteiger partial charge on any atom is 0.225 e. The molecule has 0 aromatic rings. The molecule has 1 heterocycles. The van der Waals surface area contributed by atoms with Gasteiger partial charge in [-0.1, -0.05) is 26.7 Å². The molecule has 1 unspecified atom stereocenters. The molecule has 16 heavy (non-hydrogen) atoms. The van der Waals surface area contributed by atoms with Crippen LogP contribution in [0.5, 0.6) is 0 Å². The van der Waals surface area contributed by atoms with Crippen LogP contribution in [0.3, 0.4) is 0 Å². The number of piperidine rings is 1. The fourth-order valence-corrected chi connectivity index (χ4v) is 2.42. The van der Waals surface area contributed by atoms with Gasteiger partial charge in [-0.3, -0.25) is 4.79 Å². The number of carbonyl (C=O) groups is 1. The molecule has 1 aliphatic heterocycles. The van der Waals surface area contributed by atoms with Gasteiger partial charge in [0.2, 0.25) is 5.91 Å². The van der Waals surface area contributed by atoms with Crippen LogP contribution in [0.25, 0.3) is 0 Å². The molecule has 1 amide bonds. The van der Waals surface area contributed by atoms with Gasteiger partial charge in [0.05, 0.1) is 0 Å². The molecule has 1 fully saturated rings. The van der Waals surface area contributed by atoms with E-state index in [4.69, 9.17) is 5.73 Å². The number of rotatable bonds is 5. The maximum atomic E-state index is 12.3. The highest BCUT2D eigenvalue weighted by Gasteiger charge is 2.26. The van der Waals surface area contributed by atoms with Crippen molar-refractivity contribution in [2.45, 2.75) is 58.4 Å². The Morgan fingerprint density at radius 1 is 1.50 bits per heavy atom. The summed E-state index contributed by atoms with van der Waals surface area (Å²) in [6, 6.07) is 0.196. The van der Waals surface area contributed by atoms with Crippen LogP contribution >= 0.6 is 0 Å². The molecule has 2 atom stereocenters. The number of amides is 1. The minimum atomic E-state index is 0.196. The third-order valence-electron chi connectivity index (χ3n) is 3.52. The Morgan fingerprint density at radius 2 is 2.25 bits per heavy atom. The van der Waals surface area contributed by atoms with Gasteiger partial charge in [-0.15, -0.1) is 0 Å². The van der Waals surface area contributed by atoms with E-state index in [9.17, 15) is 4.79 Å². The van der Waals surface area contributed by atoms with Crippen molar-refractivity contribution in [1.82, 2.24) is 4.90 Å². The van der Waals surface area contributed by atoms with Gasteiger partial charge < -0.3 is 10.6 Å². The monoisotopic (exact) mass is 226 g/mol. The van der Waals surface area contributed by atoms with Crippen molar-refractivity contribution in [3.8, 4) is 0 Å². The van der Waals surface area contributed by atoms with Crippen LogP contribution in [0.4, 0.5) is 0 Å². The zero-order valence-corrected chi connectivity index (χ0v) is 10.7. The number of hydrogen-bond donors (Lipinski definition) is 1. The van der Waals surface area contributed by atoms with Crippen molar-refractivity contribution in [2.24, 2.45) is 11.7 Å². The number of likely N-dealkylation sites (tertiary alicyclic amines) is 1. The number of hydrogen-bond acceptors (Lipinski definition) is 2. The van der Waals surface area contributed by atoms with Crippen LogP contribution in [0.1, 0.15) is 52.4 Å². The summed E-state index contributed by atoms with van der Waals surface area (Å²) in [5.74, 6) is 0.566. The van der Waals surface area contributed by atoms with Gasteiger partial charge in [-0.25, -0.2) is 0 Å². The molecule has 0 aromatic carbocycles. The molecule has 0 aliphatic carbocycles. The Balaban J connectivity index is 2.46. The molecule has 0 aromatic heterocycles. The standard InChI is InChI=1S/C13H26N2O/c1-3-5-7-11(4-2)13(16)15-9-6-8-12(14)10-15/h11-12H,3-10,14H2,1-2H3/t11?,12-/m1/s1. The number of unbranched alkanes of at least 4 members (excludes halogenated alkanes) is 1. The van der Waals surface area contributed by atoms with Gasteiger partial charge >= 0.3 is 0 Å². The fraction of sp³-hybridized carbons (Fsp3) is 0.923. The number of nitrogens with two attached hydrogens (primary N) is 1. The molecular formula is C13H26N2O. The Labute approximate surface area is 99.4 Å². The Morgan fingerprint density at radius 3 is 2.81 bits per heavy atom. The molecule has 1 aliphatic rings. The third kappa shape index (κ3) is 3.78. The van der Waals surface area contributed by atoms with Crippen molar-refractivity contribution in [1.29, 1.82) is 0 Å². The van der Waals surface area contributed by atoms with Crippen LogP contribution in [-0.2, 0) is 4.79 Å². The molecule has 0 radical (unpaired) electrons. The molecule has 3 heteroatoms. The summed E-state index contributed by atoms with van der Waals surface area (Å²) in [7, 11) is 0. The molecule has 94 valence electrons. The molecular weight excluding hydrogens is 200 g/mol. The molecule has 0 bridgehead atoms. The highest BCUT2D eigenvalue weighted by molar-refractivity contribution is 5.78. The van der Waals surface area contributed by atoms with Crippen LogP contribution < -0.4 is 5.73 Å². The normalized spacial score (nSPS) is 23.2. The highest BCUT2D eigenvalue weighted by Crippen LogP contribution is 2.18. The van der Waals surface area contributed by atoms with Crippen molar-refractivity contribution in [3.63, 3.8) is 0 Å². The zero-order valence-electron chi connectivity index (χ0n) is 10.7. The van der Waals surface area contributed by atoms with Crippen LogP contribution in [0, 0.1) is 5.92 Å². The largest absolute Gasteiger partial charge is 0.341 e. The second kappa shape index (κ2) is 6.89. The predicted octanol–water partition coefficient (Wildman–Crippen LogP) is 2.15. The van der Waals surface area contributed by atoms with E-state index in [0.29, 0.717) is 5.91 Å². The molecule has 1 rings (SSSR count). The van der Waals surface area contributed by atoms with Crippen molar-refractivity contribution < 1.29 is 4.79 Å². The van der Waals surface area contributed by atoms with E-state index in [-0.39, 0.29) is 12.0 Å². The lowest BCUT2D eigenvalue weighted by atomic mass is 9.96. The lowest BCUT2D eigenvalue weighted by Gasteiger charge is -2.33. The lowest BCUT2D eigenvalue weighted by Crippen LogP contribution is -2.47. The number of carbonyl (C=O) groups excluding carboxylic acids is 1. The van der Waals surface area contributed by atoms with Crippen LogP contribution in [0.2, 0.25) is 0 Å². The van der Waals surface area contributed by atoms with E-state index in [0.717, 1.165) is 45.2 Å². The summed E-state index contributed by atoms with van der Waals surface area (Å²) in [5, 5.41) is 0. The predicted molar refractivity (Wildman–Crippen MR) is 67.1 cm³/mol. The Kier molecular flexibility index (Phi) is 5.81. The Hall–Kier alpha value is -0.570. The topological polar surface area (TPSA) is 46.3 Å². The van der Waals surface area contributed by atoms with Crippen LogP contribution in [0.15, 0.2) is 0 Å². The molecule has 2 N–H and O–H groups in total. The maximum absolute atomic E-state index is 12.3. The van der Waals surface area contributed by atoms with Gasteiger partial charge in [-0.2, -0.15) is 0 Å². The van der Waals surface area contributed by atoms with Crippen molar-refractivity contribution >= 4 is 5.91 Å². The quantitative estimate of drug-likeness (QED) is 0.781. The average Bonchev–Trinajstić information content (AvgIpc) is 2.29. The summed E-state index contributed by atoms with van der Waals surface area (Å²) in [5.41, 5.74) is 5.91. The van der Waals surface area contributed by atoms with Gasteiger partial charge in [0.1, 0.15) is 0 Å². The first-order valence-corrected chi connectivity index (χ1v) is 6.73. The van der Waals surface area contributed by atoms with E-state index in [1.165, 1.54) is 6.42 Å². The third-order valence-corrected chi connectivity index (χ3v) is 3.52. The van der Waals surface area contributed by atoms with E-state index < -0.39 is 0 Å². The second-order valence-electron chi connectivity index (χ2n) is 4.93. The Bertz CT molecular complexity index is 218. The summed E-state index contributed by atoms with van der Waals surface area (Å²) < 4.78 is 0. The zero-order chi connectivity index (χ0) is 12.0. The van der Waals surface area contributed by atoms with Gasteiger partial charge in [0.25, 0.3) is 0 Å². The van der Waals surface area contributed by atoms with E-state index in [1.807, 2.05) is 4.90 Å². The summed E-state index contributed by atoms with van der Waals surface area (Å²) in [4.78, 5) is 14.2. The van der Waals surface area contributed by atoms with E-state index >= 15 is 0 Å². The second-order valence-corrected chi connectivity index (χ2v) is 4.93. The summed E-state index contributed by atoms with van der Waals surface area (Å²) in [6.45, 7) is 5.97. The minimum absolute atomic E-state index is 0.196. The first-order valence-electron chi connectivity index (χ1n) is 6.73. The average molecular weight is 226 g/mol. The van der Waals surface area contributed by atoms with Crippen molar-refractivity contribution in [3.05, 3.63) is 0 Å². The van der Waals surface area contributed by atoms with Gasteiger partial charge in [-0.05, 0) is 25.7 Å². The van der Waals surface area contributed by atoms with Crippen LogP contribution in [-0.4, -0.2) is 29.9 Å². The van der Waals surface area contributed by atoms with E-state index in [1.54, 1.807) is 0 Å². The SMILES string of the molecule is CCCCC(CC)C(=O)N1CCC[C@@H](N)C1. The first-order chi connectivity index (χ1) is 7.69. The summed E-state index contributed by atoms with van der Waals surface area (Å²) in [6.07, 6.45) is 6.46. The lowest BCUT2D eigenvalue weighted by molar-refractivity contribution is -0.137. The smallest absolute Gasteiger partial charge is 0.225 e. The molecule has 0 saturated carbocycles. The van der Waals surface area contributed by atoms with E-state index in [2.05, 4.69) is 13.8 Å². The van der Waals surface area contributed by atoms with Gasteiger partial charge in [0.15, 0.2) is 0 Å².